The van der Waals surface area contributed by atoms with Crippen LogP contribution in [0.3, 0.4) is 0 Å². The highest BCUT2D eigenvalue weighted by Crippen LogP contribution is 2.29. The molecule has 0 aliphatic rings. The van der Waals surface area contributed by atoms with Crippen molar-refractivity contribution in [3.05, 3.63) is 66.1 Å². The number of rotatable bonds is 3. The number of nitrogens with zero attached hydrogens (tertiary/aromatic N) is 4. The topological polar surface area (TPSA) is 52.3 Å². The zero-order valence-corrected chi connectivity index (χ0v) is 15.0. The molecule has 3 heterocycles. The fourth-order valence-electron chi connectivity index (χ4n) is 3.06. The van der Waals surface area contributed by atoms with Crippen LogP contribution in [0, 0.1) is 13.8 Å². The van der Waals surface area contributed by atoms with Gasteiger partial charge in [0.15, 0.2) is 5.65 Å². The predicted octanol–water partition coefficient (Wildman–Crippen LogP) is 4.97. The first-order chi connectivity index (χ1) is 13.3. The Kier molecular flexibility index (Phi) is 4.26. The van der Waals surface area contributed by atoms with Gasteiger partial charge in [-0.05, 0) is 50.2 Å². The van der Waals surface area contributed by atoms with Crippen molar-refractivity contribution in [1.82, 2.24) is 19.6 Å². The van der Waals surface area contributed by atoms with Crippen LogP contribution in [0.2, 0.25) is 0 Å². The first kappa shape index (κ1) is 18.0. The summed E-state index contributed by atoms with van der Waals surface area (Å²) in [5, 5.41) is 4.63. The molecule has 0 spiro atoms. The van der Waals surface area contributed by atoms with Gasteiger partial charge < -0.3 is 4.74 Å². The summed E-state index contributed by atoms with van der Waals surface area (Å²) >= 11 is 0. The molecule has 0 amide bonds. The molecule has 0 unspecified atom stereocenters. The van der Waals surface area contributed by atoms with E-state index >= 15 is 0 Å². The van der Waals surface area contributed by atoms with Gasteiger partial charge in [0.1, 0.15) is 5.75 Å². The molecule has 142 valence electrons. The quantitative estimate of drug-likeness (QED) is 0.500. The Balaban J connectivity index is 1.80. The SMILES string of the molecule is Cc1cc(-c2ccc3ncc(-c4cccc(OC(F)(F)F)c4)n3n2)cc(C)n1. The summed E-state index contributed by atoms with van der Waals surface area (Å²) < 4.78 is 43.2. The van der Waals surface area contributed by atoms with E-state index in [9.17, 15) is 13.2 Å². The van der Waals surface area contributed by atoms with Crippen molar-refractivity contribution < 1.29 is 17.9 Å². The molecule has 28 heavy (non-hydrogen) atoms. The van der Waals surface area contributed by atoms with E-state index in [0.29, 0.717) is 22.6 Å². The molecule has 5 nitrogen and oxygen atoms in total. The molecular formula is C20H15F3N4O. The number of fused-ring (bicyclic) bond motifs is 1. The lowest BCUT2D eigenvalue weighted by molar-refractivity contribution is -0.274. The number of halogens is 3. The van der Waals surface area contributed by atoms with Crippen LogP contribution in [0.15, 0.2) is 54.7 Å². The van der Waals surface area contributed by atoms with Gasteiger partial charge in [-0.2, -0.15) is 5.10 Å². The van der Waals surface area contributed by atoms with Crippen LogP contribution < -0.4 is 4.74 Å². The number of alkyl halides is 3. The largest absolute Gasteiger partial charge is 0.573 e. The lowest BCUT2D eigenvalue weighted by Crippen LogP contribution is -2.17. The van der Waals surface area contributed by atoms with Crippen molar-refractivity contribution >= 4 is 5.65 Å². The Morgan fingerprint density at radius 3 is 2.39 bits per heavy atom. The van der Waals surface area contributed by atoms with Crippen LogP contribution in [0.5, 0.6) is 5.75 Å². The minimum absolute atomic E-state index is 0.295. The monoisotopic (exact) mass is 384 g/mol. The van der Waals surface area contributed by atoms with Crippen molar-refractivity contribution in [2.24, 2.45) is 0 Å². The van der Waals surface area contributed by atoms with Gasteiger partial charge in [-0.25, -0.2) is 9.50 Å². The standard InChI is InChI=1S/C20H15F3N4O/c1-12-8-15(9-13(2)25-12)17-6-7-19-24-11-18(27(19)26-17)14-4-3-5-16(10-14)28-20(21,22)23/h3-11H,1-2H3. The molecule has 0 aliphatic heterocycles. The highest BCUT2D eigenvalue weighted by molar-refractivity contribution is 5.67. The van der Waals surface area contributed by atoms with Crippen molar-refractivity contribution in [3.63, 3.8) is 0 Å². The molecule has 0 bridgehead atoms. The summed E-state index contributed by atoms with van der Waals surface area (Å²) in [4.78, 5) is 8.66. The average molecular weight is 384 g/mol. The van der Waals surface area contributed by atoms with Gasteiger partial charge in [0, 0.05) is 22.5 Å². The van der Waals surface area contributed by atoms with Crippen LogP contribution >= 0.6 is 0 Å². The van der Waals surface area contributed by atoms with E-state index in [1.807, 2.05) is 38.1 Å². The Bertz CT molecular complexity index is 1150. The Hall–Kier alpha value is -3.42. The number of ether oxygens (including phenoxy) is 1. The van der Waals surface area contributed by atoms with Gasteiger partial charge in [0.2, 0.25) is 0 Å². The molecule has 1 aromatic carbocycles. The molecular weight excluding hydrogens is 369 g/mol. The molecule has 0 saturated carbocycles. The third-order valence-electron chi connectivity index (χ3n) is 4.10. The first-order valence-corrected chi connectivity index (χ1v) is 8.45. The average Bonchev–Trinajstić information content (AvgIpc) is 3.03. The third-order valence-corrected chi connectivity index (χ3v) is 4.10. The highest BCUT2D eigenvalue weighted by Gasteiger charge is 2.31. The molecule has 4 aromatic rings. The molecule has 0 saturated heterocycles. The fourth-order valence-corrected chi connectivity index (χ4v) is 3.06. The minimum Gasteiger partial charge on any atom is -0.406 e. The number of benzene rings is 1. The normalized spacial score (nSPS) is 11.8. The van der Waals surface area contributed by atoms with E-state index in [-0.39, 0.29) is 5.75 Å². The summed E-state index contributed by atoms with van der Waals surface area (Å²) in [5.74, 6) is -0.295. The lowest BCUT2D eigenvalue weighted by Gasteiger charge is -2.10. The summed E-state index contributed by atoms with van der Waals surface area (Å²) in [6.45, 7) is 3.81. The zero-order chi connectivity index (χ0) is 19.9. The van der Waals surface area contributed by atoms with Gasteiger partial charge in [-0.1, -0.05) is 12.1 Å². The van der Waals surface area contributed by atoms with E-state index in [0.717, 1.165) is 17.0 Å². The molecule has 3 aromatic heterocycles. The van der Waals surface area contributed by atoms with Crippen molar-refractivity contribution in [3.8, 4) is 28.3 Å². The number of hydrogen-bond donors (Lipinski definition) is 0. The second-order valence-corrected chi connectivity index (χ2v) is 6.35. The molecule has 0 N–H and O–H groups in total. The van der Waals surface area contributed by atoms with Crippen molar-refractivity contribution in [1.29, 1.82) is 0 Å². The number of imidazole rings is 1. The maximum atomic E-state index is 12.5. The highest BCUT2D eigenvalue weighted by atomic mass is 19.4. The lowest BCUT2D eigenvalue weighted by atomic mass is 10.1. The van der Waals surface area contributed by atoms with Crippen LogP contribution in [0.25, 0.3) is 28.2 Å². The van der Waals surface area contributed by atoms with Gasteiger partial charge in [0.25, 0.3) is 0 Å². The van der Waals surface area contributed by atoms with Crippen molar-refractivity contribution in [2.75, 3.05) is 0 Å². The van der Waals surface area contributed by atoms with Crippen molar-refractivity contribution in [2.45, 2.75) is 20.2 Å². The Morgan fingerprint density at radius 1 is 0.929 bits per heavy atom. The second-order valence-electron chi connectivity index (χ2n) is 6.35. The maximum absolute atomic E-state index is 12.5. The molecule has 4 rings (SSSR count). The number of aryl methyl sites for hydroxylation is 2. The zero-order valence-electron chi connectivity index (χ0n) is 15.0. The van der Waals surface area contributed by atoms with Gasteiger partial charge in [-0.15, -0.1) is 13.2 Å². The second kappa shape index (κ2) is 6.63. The van der Waals surface area contributed by atoms with Crippen LogP contribution in [-0.4, -0.2) is 25.9 Å². The van der Waals surface area contributed by atoms with E-state index in [4.69, 9.17) is 0 Å². The number of hydrogen-bond acceptors (Lipinski definition) is 4. The summed E-state index contributed by atoms with van der Waals surface area (Å²) in [6, 6.07) is 13.3. The van der Waals surface area contributed by atoms with Crippen LogP contribution in [0.4, 0.5) is 13.2 Å². The first-order valence-electron chi connectivity index (χ1n) is 8.45. The van der Waals surface area contributed by atoms with Crippen LogP contribution in [0.1, 0.15) is 11.4 Å². The minimum atomic E-state index is -4.75. The van der Waals surface area contributed by atoms with E-state index in [1.165, 1.54) is 18.2 Å². The molecule has 8 heteroatoms. The number of pyridine rings is 1. The molecule has 0 aliphatic carbocycles. The summed E-state index contributed by atoms with van der Waals surface area (Å²) in [7, 11) is 0. The van der Waals surface area contributed by atoms with E-state index < -0.39 is 6.36 Å². The maximum Gasteiger partial charge on any atom is 0.573 e. The molecule has 0 fully saturated rings. The molecule has 0 radical (unpaired) electrons. The fraction of sp³-hybridized carbons (Fsp3) is 0.150. The summed E-state index contributed by atoms with van der Waals surface area (Å²) in [6.07, 6.45) is -3.18. The molecule has 0 atom stereocenters. The van der Waals surface area contributed by atoms with Gasteiger partial charge in [-0.3, -0.25) is 4.98 Å². The third kappa shape index (κ3) is 3.66. The Morgan fingerprint density at radius 2 is 1.68 bits per heavy atom. The van der Waals surface area contributed by atoms with E-state index in [2.05, 4.69) is 19.8 Å². The number of aromatic nitrogens is 4. The Labute approximate surface area is 158 Å². The van der Waals surface area contributed by atoms with Gasteiger partial charge >= 0.3 is 6.36 Å². The summed E-state index contributed by atoms with van der Waals surface area (Å²) in [5.41, 5.74) is 5.03. The van der Waals surface area contributed by atoms with E-state index in [1.54, 1.807) is 16.8 Å². The van der Waals surface area contributed by atoms with Crippen LogP contribution in [-0.2, 0) is 0 Å². The van der Waals surface area contributed by atoms with Gasteiger partial charge in [0.05, 0.1) is 17.6 Å². The predicted molar refractivity (Wildman–Crippen MR) is 97.8 cm³/mol. The smallest absolute Gasteiger partial charge is 0.406 e.